The van der Waals surface area contributed by atoms with Gasteiger partial charge in [0.25, 0.3) is 10.0 Å². The quantitative estimate of drug-likeness (QED) is 0.812. The maximum absolute atomic E-state index is 12.3. The Balaban J connectivity index is 2.31. The third kappa shape index (κ3) is 3.44. The van der Waals surface area contributed by atoms with Crippen LogP contribution in [0.25, 0.3) is 0 Å². The van der Waals surface area contributed by atoms with Gasteiger partial charge < -0.3 is 5.11 Å². The highest BCUT2D eigenvalue weighted by molar-refractivity contribution is 9.11. The van der Waals surface area contributed by atoms with Gasteiger partial charge in [0, 0.05) is 12.2 Å². The van der Waals surface area contributed by atoms with E-state index in [0.29, 0.717) is 5.69 Å². The van der Waals surface area contributed by atoms with Crippen molar-refractivity contribution in [2.45, 2.75) is 24.8 Å². The van der Waals surface area contributed by atoms with Crippen LogP contribution in [-0.4, -0.2) is 29.3 Å². The van der Waals surface area contributed by atoms with Crippen molar-refractivity contribution in [1.29, 1.82) is 0 Å². The van der Waals surface area contributed by atoms with Crippen molar-refractivity contribution >= 4 is 48.9 Å². The van der Waals surface area contributed by atoms with E-state index in [1.165, 1.54) is 6.20 Å². The van der Waals surface area contributed by atoms with E-state index in [-0.39, 0.29) is 19.6 Å². The van der Waals surface area contributed by atoms with Crippen molar-refractivity contribution in [2.24, 2.45) is 0 Å². The summed E-state index contributed by atoms with van der Waals surface area (Å²) in [5.41, 5.74) is 0.318. The number of hydrogen-bond acceptors (Lipinski definition) is 5. The molecule has 0 saturated carbocycles. The van der Waals surface area contributed by atoms with Crippen LogP contribution < -0.4 is 4.72 Å². The molecule has 0 aliphatic carbocycles. The number of rotatable bonds is 5. The molecule has 2 heterocycles. The third-order valence-electron chi connectivity index (χ3n) is 2.54. The molecule has 10 heteroatoms. The summed E-state index contributed by atoms with van der Waals surface area (Å²) in [4.78, 5) is 10.7. The minimum atomic E-state index is -3.87. The zero-order valence-corrected chi connectivity index (χ0v) is 14.3. The molecule has 0 aliphatic heterocycles. The number of carboxylic acid groups (broad SMARTS) is 1. The van der Waals surface area contributed by atoms with Crippen molar-refractivity contribution in [3.63, 3.8) is 0 Å². The fourth-order valence-corrected chi connectivity index (χ4v) is 4.96. The Morgan fingerprint density at radius 3 is 2.67 bits per heavy atom. The molecule has 0 bridgehead atoms. The molecule has 114 valence electrons. The fourth-order valence-electron chi connectivity index (χ4n) is 1.52. The summed E-state index contributed by atoms with van der Waals surface area (Å²) in [5.74, 6) is -1.17. The van der Waals surface area contributed by atoms with Crippen LogP contribution in [0.3, 0.4) is 0 Å². The molecular weight excluding hydrogens is 382 g/mol. The Kier molecular flexibility index (Phi) is 4.40. The van der Waals surface area contributed by atoms with Crippen LogP contribution in [0.2, 0.25) is 0 Å². The molecule has 0 saturated heterocycles. The molecule has 0 unspecified atom stereocenters. The van der Waals surface area contributed by atoms with Crippen LogP contribution in [0.1, 0.15) is 29.6 Å². The number of anilines is 1. The summed E-state index contributed by atoms with van der Waals surface area (Å²) in [6, 6.07) is 1.22. The fraction of sp³-hybridized carbons (Fsp3) is 0.273. The molecule has 0 spiro atoms. The average Bonchev–Trinajstić information content (AvgIpc) is 2.95. The molecule has 2 rings (SSSR count). The predicted molar refractivity (Wildman–Crippen MR) is 82.4 cm³/mol. The lowest BCUT2D eigenvalue weighted by Gasteiger charge is -2.05. The Morgan fingerprint density at radius 1 is 1.52 bits per heavy atom. The number of halogens is 1. The van der Waals surface area contributed by atoms with Crippen LogP contribution >= 0.6 is 27.3 Å². The second-order valence-electron chi connectivity index (χ2n) is 4.46. The summed E-state index contributed by atoms with van der Waals surface area (Å²) < 4.78 is 28.8. The number of thiophene rings is 1. The first kappa shape index (κ1) is 16.0. The first-order chi connectivity index (χ1) is 9.70. The monoisotopic (exact) mass is 393 g/mol. The molecule has 2 aromatic rings. The molecule has 7 nitrogen and oxygen atoms in total. The Labute approximate surface area is 133 Å². The standard InChI is InChI=1S/C11H12BrN3O4S2/c1-6(2)15-5-7(4-13-15)14-21(18,19)9-3-8(11(16)17)20-10(9)12/h3-6,14H,1-2H3,(H,16,17). The van der Waals surface area contributed by atoms with E-state index < -0.39 is 16.0 Å². The zero-order valence-electron chi connectivity index (χ0n) is 11.1. The lowest BCUT2D eigenvalue weighted by molar-refractivity contribution is 0.0702. The largest absolute Gasteiger partial charge is 0.477 e. The summed E-state index contributed by atoms with van der Waals surface area (Å²) >= 11 is 3.93. The van der Waals surface area contributed by atoms with E-state index in [1.807, 2.05) is 13.8 Å². The van der Waals surface area contributed by atoms with E-state index in [1.54, 1.807) is 10.9 Å². The van der Waals surface area contributed by atoms with Crippen LogP contribution in [0.5, 0.6) is 0 Å². The molecule has 0 amide bonds. The molecule has 0 radical (unpaired) electrons. The van der Waals surface area contributed by atoms with Crippen LogP contribution in [0.15, 0.2) is 27.1 Å². The van der Waals surface area contributed by atoms with E-state index in [2.05, 4.69) is 25.8 Å². The Bertz CT molecular complexity index is 779. The molecule has 2 aromatic heterocycles. The third-order valence-corrected chi connectivity index (χ3v) is 6.16. The molecule has 0 fully saturated rings. The van der Waals surface area contributed by atoms with Crippen LogP contribution in [0, 0.1) is 0 Å². The van der Waals surface area contributed by atoms with Gasteiger partial charge in [0.2, 0.25) is 0 Å². The lowest BCUT2D eigenvalue weighted by atomic mass is 10.4. The van der Waals surface area contributed by atoms with Crippen LogP contribution in [-0.2, 0) is 10.0 Å². The number of nitrogens with one attached hydrogen (secondary N) is 1. The molecule has 0 atom stereocenters. The van der Waals surface area contributed by atoms with Gasteiger partial charge in [0.1, 0.15) is 9.77 Å². The van der Waals surface area contributed by atoms with E-state index in [0.717, 1.165) is 17.4 Å². The average molecular weight is 394 g/mol. The van der Waals surface area contributed by atoms with E-state index in [9.17, 15) is 13.2 Å². The molecular formula is C11H12BrN3O4S2. The topological polar surface area (TPSA) is 101 Å². The number of carbonyl (C=O) groups is 1. The summed E-state index contributed by atoms with van der Waals surface area (Å²) in [5, 5.41) is 12.9. The highest BCUT2D eigenvalue weighted by atomic mass is 79.9. The number of hydrogen-bond donors (Lipinski definition) is 2. The zero-order chi connectivity index (χ0) is 15.8. The summed E-state index contributed by atoms with van der Waals surface area (Å²) in [6.45, 7) is 3.83. The predicted octanol–water partition coefficient (Wildman–Crippen LogP) is 2.79. The molecule has 0 aromatic carbocycles. The van der Waals surface area contributed by atoms with Gasteiger partial charge in [-0.2, -0.15) is 5.10 Å². The van der Waals surface area contributed by atoms with Crippen molar-refractivity contribution < 1.29 is 18.3 Å². The highest BCUT2D eigenvalue weighted by Crippen LogP contribution is 2.32. The maximum Gasteiger partial charge on any atom is 0.345 e. The normalized spacial score (nSPS) is 11.8. The number of carboxylic acids is 1. The SMILES string of the molecule is CC(C)n1cc(NS(=O)(=O)c2cc(C(=O)O)sc2Br)cn1. The minimum absolute atomic E-state index is 0.0554. The Morgan fingerprint density at radius 2 is 2.19 bits per heavy atom. The first-order valence-electron chi connectivity index (χ1n) is 5.80. The van der Waals surface area contributed by atoms with Gasteiger partial charge in [0.15, 0.2) is 0 Å². The molecule has 21 heavy (non-hydrogen) atoms. The van der Waals surface area contributed by atoms with Crippen molar-refractivity contribution in [1.82, 2.24) is 9.78 Å². The van der Waals surface area contributed by atoms with Crippen molar-refractivity contribution in [3.05, 3.63) is 27.1 Å². The maximum atomic E-state index is 12.3. The molecule has 2 N–H and O–H groups in total. The van der Waals surface area contributed by atoms with Crippen LogP contribution in [0.4, 0.5) is 5.69 Å². The van der Waals surface area contributed by atoms with Gasteiger partial charge in [-0.15, -0.1) is 11.3 Å². The Hall–Kier alpha value is -1.39. The second-order valence-corrected chi connectivity index (χ2v) is 8.48. The van der Waals surface area contributed by atoms with Crippen molar-refractivity contribution in [2.75, 3.05) is 4.72 Å². The first-order valence-corrected chi connectivity index (χ1v) is 8.89. The smallest absolute Gasteiger partial charge is 0.345 e. The van der Waals surface area contributed by atoms with Gasteiger partial charge in [-0.1, -0.05) is 0 Å². The lowest BCUT2D eigenvalue weighted by Crippen LogP contribution is -2.12. The molecule has 0 aliphatic rings. The number of aromatic nitrogens is 2. The van der Waals surface area contributed by atoms with Crippen molar-refractivity contribution in [3.8, 4) is 0 Å². The number of aromatic carboxylic acids is 1. The highest BCUT2D eigenvalue weighted by Gasteiger charge is 2.23. The van der Waals surface area contributed by atoms with Gasteiger partial charge in [-0.3, -0.25) is 9.40 Å². The second kappa shape index (κ2) is 5.78. The number of sulfonamides is 1. The van der Waals surface area contributed by atoms with Gasteiger partial charge in [0.05, 0.1) is 15.7 Å². The van der Waals surface area contributed by atoms with E-state index >= 15 is 0 Å². The summed E-state index contributed by atoms with van der Waals surface area (Å²) in [7, 11) is -3.87. The van der Waals surface area contributed by atoms with E-state index in [4.69, 9.17) is 5.11 Å². The summed E-state index contributed by atoms with van der Waals surface area (Å²) in [6.07, 6.45) is 2.97. The van der Waals surface area contributed by atoms with Gasteiger partial charge in [-0.25, -0.2) is 13.2 Å². The van der Waals surface area contributed by atoms with Gasteiger partial charge in [-0.05, 0) is 35.8 Å². The van der Waals surface area contributed by atoms with Gasteiger partial charge >= 0.3 is 5.97 Å². The number of nitrogens with zero attached hydrogens (tertiary/aromatic N) is 2. The minimum Gasteiger partial charge on any atom is -0.477 e.